The molecule has 1 atom stereocenters. The van der Waals surface area contributed by atoms with E-state index in [0.717, 1.165) is 5.75 Å². The summed E-state index contributed by atoms with van der Waals surface area (Å²) >= 11 is 2.10. The number of rotatable bonds is 6. The summed E-state index contributed by atoms with van der Waals surface area (Å²) in [4.78, 5) is 0.697. The molecule has 0 saturated heterocycles. The highest BCUT2D eigenvalue weighted by atomic mass is 32.2. The van der Waals surface area contributed by atoms with Crippen molar-refractivity contribution in [2.75, 3.05) is 0 Å². The van der Waals surface area contributed by atoms with Crippen LogP contribution in [0.25, 0.3) is 0 Å². The molecule has 0 aliphatic rings. The maximum Gasteiger partial charge on any atom is 0.0598 e. The highest BCUT2D eigenvalue weighted by Crippen LogP contribution is 2.39. The van der Waals surface area contributed by atoms with Gasteiger partial charge >= 0.3 is 0 Å². The van der Waals surface area contributed by atoms with Crippen molar-refractivity contribution in [2.45, 2.75) is 44.1 Å². The molecule has 0 heterocycles. The van der Waals surface area contributed by atoms with Crippen molar-refractivity contribution >= 4 is 19.8 Å². The van der Waals surface area contributed by atoms with Crippen LogP contribution < -0.4 is 0 Å². The van der Waals surface area contributed by atoms with Crippen LogP contribution in [0.4, 0.5) is 0 Å². The molecule has 0 spiro atoms. The van der Waals surface area contributed by atoms with Gasteiger partial charge in [0.2, 0.25) is 0 Å². The van der Waals surface area contributed by atoms with E-state index >= 15 is 0 Å². The van der Waals surface area contributed by atoms with Crippen LogP contribution >= 0.6 is 11.8 Å². The topological polar surface area (TPSA) is 0 Å². The molecule has 0 aliphatic heterocycles. The van der Waals surface area contributed by atoms with E-state index in [0.29, 0.717) is 4.87 Å². The summed E-state index contributed by atoms with van der Waals surface area (Å²) < 4.78 is 0. The van der Waals surface area contributed by atoms with Gasteiger partial charge in [0.15, 0.2) is 0 Å². The van der Waals surface area contributed by atoms with E-state index in [1.807, 2.05) is 0 Å². The molecular weight excluding hydrogens is 252 g/mol. The second-order valence-electron chi connectivity index (χ2n) is 6.57. The molecule has 1 unspecified atom stereocenters. The lowest BCUT2D eigenvalue weighted by molar-refractivity contribution is 0.518. The highest BCUT2D eigenvalue weighted by Gasteiger charge is 2.37. The first-order valence-electron chi connectivity index (χ1n) is 6.56. The lowest BCUT2D eigenvalue weighted by Gasteiger charge is -2.39. The van der Waals surface area contributed by atoms with Crippen LogP contribution in [0.15, 0.2) is 43.0 Å². The lowest BCUT2D eigenvalue weighted by atomic mass is 9.97. The summed E-state index contributed by atoms with van der Waals surface area (Å²) in [5.41, 5.74) is 1.63. The Morgan fingerprint density at radius 2 is 1.78 bits per heavy atom. The Balaban J connectivity index is 2.78. The van der Waals surface area contributed by atoms with Crippen molar-refractivity contribution in [3.05, 3.63) is 48.6 Å². The summed E-state index contributed by atoms with van der Waals surface area (Å²) in [6, 6.07) is 10.8. The molecule has 0 saturated carbocycles. The summed E-state index contributed by atoms with van der Waals surface area (Å²) in [6.45, 7) is 16.0. The zero-order chi connectivity index (χ0) is 13.8. The van der Waals surface area contributed by atoms with Gasteiger partial charge in [0.1, 0.15) is 0 Å². The molecule has 0 radical (unpaired) electrons. The van der Waals surface area contributed by atoms with Crippen LogP contribution in [-0.4, -0.2) is 12.9 Å². The Morgan fingerprint density at radius 1 is 1.22 bits per heavy atom. The van der Waals surface area contributed by atoms with Crippen molar-refractivity contribution in [3.63, 3.8) is 0 Å². The third kappa shape index (κ3) is 4.32. The molecule has 0 N–H and O–H groups in total. The normalized spacial score (nSPS) is 14.3. The molecule has 1 rings (SSSR count). The van der Waals surface area contributed by atoms with Gasteiger partial charge in [0, 0.05) is 10.6 Å². The van der Waals surface area contributed by atoms with E-state index in [-0.39, 0.29) is 5.41 Å². The predicted octanol–water partition coefficient (Wildman–Crippen LogP) is 5.38. The molecule has 0 aromatic heterocycles. The van der Waals surface area contributed by atoms with Gasteiger partial charge in [-0.15, -0.1) is 6.58 Å². The molecule has 0 amide bonds. The summed E-state index contributed by atoms with van der Waals surface area (Å²) in [5.74, 6) is 1.10. The molecule has 2 heteroatoms. The molecule has 0 aliphatic carbocycles. The SMILES string of the molecule is C=CC(C)(C)C(SCc1ccccc1)[Si](C)(C)C. The minimum absolute atomic E-state index is 0.212. The average molecular weight is 279 g/mol. The Bertz CT molecular complexity index is 376. The monoisotopic (exact) mass is 278 g/mol. The molecule has 100 valence electrons. The van der Waals surface area contributed by atoms with Gasteiger partial charge in [-0.3, -0.25) is 0 Å². The molecule has 1 aromatic rings. The maximum absolute atomic E-state index is 4.03. The highest BCUT2D eigenvalue weighted by molar-refractivity contribution is 8.00. The summed E-state index contributed by atoms with van der Waals surface area (Å²) in [6.07, 6.45) is 2.13. The van der Waals surface area contributed by atoms with Gasteiger partial charge in [0.05, 0.1) is 8.07 Å². The van der Waals surface area contributed by atoms with Crippen molar-refractivity contribution in [1.82, 2.24) is 0 Å². The van der Waals surface area contributed by atoms with E-state index in [1.165, 1.54) is 5.56 Å². The van der Waals surface area contributed by atoms with Crippen molar-refractivity contribution in [1.29, 1.82) is 0 Å². The van der Waals surface area contributed by atoms with Crippen LogP contribution in [0.5, 0.6) is 0 Å². The second kappa shape index (κ2) is 6.11. The van der Waals surface area contributed by atoms with E-state index in [9.17, 15) is 0 Å². The molecule has 0 fully saturated rings. The van der Waals surface area contributed by atoms with Crippen LogP contribution in [0.3, 0.4) is 0 Å². The lowest BCUT2D eigenvalue weighted by Crippen LogP contribution is -2.45. The summed E-state index contributed by atoms with van der Waals surface area (Å²) in [5, 5.41) is 0. The van der Waals surface area contributed by atoms with Gasteiger partial charge in [-0.05, 0) is 11.0 Å². The van der Waals surface area contributed by atoms with E-state index < -0.39 is 8.07 Å². The fourth-order valence-corrected chi connectivity index (χ4v) is 8.12. The maximum atomic E-state index is 4.03. The van der Waals surface area contributed by atoms with Crippen LogP contribution in [0.2, 0.25) is 19.6 Å². The number of hydrogen-bond donors (Lipinski definition) is 0. The zero-order valence-corrected chi connectivity index (χ0v) is 14.2. The van der Waals surface area contributed by atoms with Crippen LogP contribution in [-0.2, 0) is 5.75 Å². The van der Waals surface area contributed by atoms with E-state index in [4.69, 9.17) is 0 Å². The van der Waals surface area contributed by atoms with Gasteiger partial charge in [-0.25, -0.2) is 0 Å². The standard InChI is InChI=1S/C16H26SSi/c1-7-16(2,3)15(18(4,5)6)17-13-14-11-9-8-10-12-14/h7-12,15H,1,13H2,2-6H3. The number of hydrogen-bond acceptors (Lipinski definition) is 1. The Labute approximate surface area is 118 Å². The quantitative estimate of drug-likeness (QED) is 0.497. The minimum Gasteiger partial charge on any atom is -0.156 e. The number of thioether (sulfide) groups is 1. The Hall–Kier alpha value is -0.473. The molecular formula is C16H26SSi. The molecule has 0 bridgehead atoms. The van der Waals surface area contributed by atoms with Crippen molar-refractivity contribution in [3.8, 4) is 0 Å². The van der Waals surface area contributed by atoms with Crippen LogP contribution in [0, 0.1) is 5.41 Å². The molecule has 0 nitrogen and oxygen atoms in total. The fraction of sp³-hybridized carbons (Fsp3) is 0.500. The van der Waals surface area contributed by atoms with E-state index in [1.54, 1.807) is 0 Å². The third-order valence-electron chi connectivity index (χ3n) is 3.25. The van der Waals surface area contributed by atoms with Gasteiger partial charge in [-0.1, -0.05) is 69.9 Å². The zero-order valence-electron chi connectivity index (χ0n) is 12.4. The smallest absolute Gasteiger partial charge is 0.0598 e. The first kappa shape index (κ1) is 15.6. The third-order valence-corrected chi connectivity index (χ3v) is 9.63. The van der Waals surface area contributed by atoms with Crippen LogP contribution in [0.1, 0.15) is 19.4 Å². The van der Waals surface area contributed by atoms with Crippen molar-refractivity contribution < 1.29 is 0 Å². The second-order valence-corrected chi connectivity index (χ2v) is 13.4. The summed E-state index contributed by atoms with van der Waals surface area (Å²) in [7, 11) is -1.21. The Kier molecular flexibility index (Phi) is 5.29. The molecule has 18 heavy (non-hydrogen) atoms. The first-order chi connectivity index (χ1) is 8.27. The molecule has 1 aromatic carbocycles. The number of allylic oxidation sites excluding steroid dienone is 1. The largest absolute Gasteiger partial charge is 0.156 e. The first-order valence-corrected chi connectivity index (χ1v) is 11.2. The predicted molar refractivity (Wildman–Crippen MR) is 88.8 cm³/mol. The average Bonchev–Trinajstić information content (AvgIpc) is 2.28. The fourth-order valence-electron chi connectivity index (χ4n) is 2.44. The number of benzene rings is 1. The van der Waals surface area contributed by atoms with Crippen molar-refractivity contribution in [2.24, 2.45) is 5.41 Å². The van der Waals surface area contributed by atoms with Gasteiger partial charge < -0.3 is 0 Å². The Morgan fingerprint density at radius 3 is 2.22 bits per heavy atom. The van der Waals surface area contributed by atoms with Gasteiger partial charge in [-0.2, -0.15) is 11.8 Å². The minimum atomic E-state index is -1.21. The van der Waals surface area contributed by atoms with E-state index in [2.05, 4.69) is 88.2 Å². The van der Waals surface area contributed by atoms with Gasteiger partial charge in [0.25, 0.3) is 0 Å².